The molecule has 0 heterocycles. The normalized spacial score (nSPS) is 30.1. The third-order valence-corrected chi connectivity index (χ3v) is 4.08. The summed E-state index contributed by atoms with van der Waals surface area (Å²) in [6, 6.07) is -0.153. The number of hydrogen-bond donors (Lipinski definition) is 1. The lowest BCUT2D eigenvalue weighted by Crippen LogP contribution is -2.48. The largest absolute Gasteiger partial charge is 0.465 e. The van der Waals surface area contributed by atoms with E-state index in [-0.39, 0.29) is 22.7 Å². The Morgan fingerprint density at radius 3 is 2.81 bits per heavy atom. The third kappa shape index (κ3) is 2.50. The van der Waals surface area contributed by atoms with Gasteiger partial charge in [0.15, 0.2) is 0 Å². The number of esters is 1. The first-order valence-corrected chi connectivity index (χ1v) is 6.66. The van der Waals surface area contributed by atoms with Crippen molar-refractivity contribution in [3.05, 3.63) is 24.3 Å². The molecular weight excluding hydrogens is 222 g/mol. The topological polar surface area (TPSA) is 52.3 Å². The number of allylic oxidation sites excluding steroid dienone is 2. The first-order chi connectivity index (χ1) is 7.56. The molecule has 3 nitrogen and oxygen atoms in total. The highest BCUT2D eigenvalue weighted by molar-refractivity contribution is 8.00. The molecule has 0 radical (unpaired) electrons. The molecule has 3 atom stereocenters. The van der Waals surface area contributed by atoms with Crippen LogP contribution in [0.1, 0.15) is 13.8 Å². The Bertz CT molecular complexity index is 314. The smallest absolute Gasteiger partial charge is 0.319 e. The number of rotatable bonds is 4. The first kappa shape index (κ1) is 13.3. The molecule has 1 rings (SSSR count). The van der Waals surface area contributed by atoms with E-state index in [0.29, 0.717) is 6.61 Å². The molecule has 3 unspecified atom stereocenters. The van der Waals surface area contributed by atoms with Crippen molar-refractivity contribution in [3.63, 3.8) is 0 Å². The van der Waals surface area contributed by atoms with Crippen LogP contribution in [0.4, 0.5) is 0 Å². The number of carbonyl (C=O) groups is 1. The summed E-state index contributed by atoms with van der Waals surface area (Å²) in [5.74, 6) is -0.187. The van der Waals surface area contributed by atoms with E-state index in [9.17, 15) is 4.79 Å². The van der Waals surface area contributed by atoms with Crippen molar-refractivity contribution in [1.29, 1.82) is 0 Å². The number of carbonyl (C=O) groups excluding carboxylic acids is 1. The molecule has 0 saturated carbocycles. The van der Waals surface area contributed by atoms with Crippen LogP contribution < -0.4 is 5.73 Å². The van der Waals surface area contributed by atoms with Crippen molar-refractivity contribution in [2.24, 2.45) is 11.1 Å². The van der Waals surface area contributed by atoms with Crippen LogP contribution in [0.25, 0.3) is 0 Å². The lowest BCUT2D eigenvalue weighted by atomic mass is 9.76. The predicted molar refractivity (Wildman–Crippen MR) is 68.3 cm³/mol. The maximum Gasteiger partial charge on any atom is 0.319 e. The van der Waals surface area contributed by atoms with E-state index in [1.807, 2.05) is 44.4 Å². The van der Waals surface area contributed by atoms with Crippen LogP contribution in [0, 0.1) is 5.41 Å². The standard InChI is InChI=1S/C12H19NO2S/c1-4-15-11(14)10(16-3)12(2)8-6-5-7-9(12)13/h5-10H,4,13H2,1-3H3. The van der Waals surface area contributed by atoms with Gasteiger partial charge in [-0.15, -0.1) is 11.8 Å². The van der Waals surface area contributed by atoms with E-state index in [4.69, 9.17) is 10.5 Å². The molecule has 0 aromatic heterocycles. The Morgan fingerprint density at radius 1 is 1.62 bits per heavy atom. The van der Waals surface area contributed by atoms with Crippen LogP contribution in [0.3, 0.4) is 0 Å². The average molecular weight is 241 g/mol. The van der Waals surface area contributed by atoms with Gasteiger partial charge >= 0.3 is 5.97 Å². The second kappa shape index (κ2) is 5.55. The lowest BCUT2D eigenvalue weighted by Gasteiger charge is -2.37. The van der Waals surface area contributed by atoms with Crippen molar-refractivity contribution >= 4 is 17.7 Å². The van der Waals surface area contributed by atoms with Gasteiger partial charge in [0.1, 0.15) is 5.25 Å². The van der Waals surface area contributed by atoms with Crippen molar-refractivity contribution in [1.82, 2.24) is 0 Å². The van der Waals surface area contributed by atoms with Gasteiger partial charge in [-0.2, -0.15) is 0 Å². The summed E-state index contributed by atoms with van der Waals surface area (Å²) < 4.78 is 5.09. The van der Waals surface area contributed by atoms with E-state index in [1.54, 1.807) is 0 Å². The Balaban J connectivity index is 2.90. The molecule has 4 heteroatoms. The van der Waals surface area contributed by atoms with Crippen LogP contribution in [-0.2, 0) is 9.53 Å². The van der Waals surface area contributed by atoms with Crippen molar-refractivity contribution in [2.45, 2.75) is 25.1 Å². The summed E-state index contributed by atoms with van der Waals surface area (Å²) >= 11 is 1.49. The van der Waals surface area contributed by atoms with Gasteiger partial charge in [-0.05, 0) is 13.2 Å². The molecule has 0 fully saturated rings. The van der Waals surface area contributed by atoms with Gasteiger partial charge in [-0.1, -0.05) is 31.2 Å². The fourth-order valence-electron chi connectivity index (χ4n) is 1.85. The minimum atomic E-state index is -0.375. The Hall–Kier alpha value is -0.740. The fourth-order valence-corrected chi connectivity index (χ4v) is 2.85. The van der Waals surface area contributed by atoms with Crippen molar-refractivity contribution < 1.29 is 9.53 Å². The third-order valence-electron chi connectivity index (χ3n) is 2.90. The maximum atomic E-state index is 11.9. The Kier molecular flexibility index (Phi) is 4.62. The van der Waals surface area contributed by atoms with E-state index in [0.717, 1.165) is 0 Å². The van der Waals surface area contributed by atoms with Crippen molar-refractivity contribution in [2.75, 3.05) is 12.9 Å². The molecule has 2 N–H and O–H groups in total. The first-order valence-electron chi connectivity index (χ1n) is 5.37. The summed E-state index contributed by atoms with van der Waals surface area (Å²) in [7, 11) is 0. The van der Waals surface area contributed by atoms with Gasteiger partial charge in [0.05, 0.1) is 6.61 Å². The van der Waals surface area contributed by atoms with Crippen LogP contribution >= 0.6 is 11.8 Å². The van der Waals surface area contributed by atoms with Gasteiger partial charge in [-0.3, -0.25) is 4.79 Å². The molecule has 0 aromatic carbocycles. The summed E-state index contributed by atoms with van der Waals surface area (Å²) in [6.45, 7) is 4.21. The zero-order valence-corrected chi connectivity index (χ0v) is 10.8. The van der Waals surface area contributed by atoms with E-state index < -0.39 is 0 Å². The quantitative estimate of drug-likeness (QED) is 0.762. The molecule has 0 aliphatic heterocycles. The number of nitrogens with two attached hydrogens (primary N) is 1. The molecule has 1 aliphatic rings. The van der Waals surface area contributed by atoms with Gasteiger partial charge in [0, 0.05) is 11.5 Å². The van der Waals surface area contributed by atoms with Crippen LogP contribution in [-0.4, -0.2) is 30.1 Å². The van der Waals surface area contributed by atoms with E-state index in [1.165, 1.54) is 11.8 Å². The number of hydrogen-bond acceptors (Lipinski definition) is 4. The molecule has 0 saturated heterocycles. The Labute approximate surface area is 101 Å². The van der Waals surface area contributed by atoms with E-state index >= 15 is 0 Å². The summed E-state index contributed by atoms with van der Waals surface area (Å²) in [5.41, 5.74) is 5.69. The second-order valence-corrected chi connectivity index (χ2v) is 4.95. The molecular formula is C12H19NO2S. The van der Waals surface area contributed by atoms with Gasteiger partial charge in [0.2, 0.25) is 0 Å². The number of ether oxygens (including phenoxy) is 1. The molecule has 0 bridgehead atoms. The Morgan fingerprint density at radius 2 is 2.31 bits per heavy atom. The molecule has 1 aliphatic carbocycles. The molecule has 0 spiro atoms. The zero-order valence-electron chi connectivity index (χ0n) is 9.97. The van der Waals surface area contributed by atoms with Gasteiger partial charge in [-0.25, -0.2) is 0 Å². The maximum absolute atomic E-state index is 11.9. The van der Waals surface area contributed by atoms with Gasteiger partial charge in [0.25, 0.3) is 0 Å². The molecule has 16 heavy (non-hydrogen) atoms. The van der Waals surface area contributed by atoms with Crippen molar-refractivity contribution in [3.8, 4) is 0 Å². The molecule has 0 amide bonds. The van der Waals surface area contributed by atoms with Crippen LogP contribution in [0.5, 0.6) is 0 Å². The highest BCUT2D eigenvalue weighted by Crippen LogP contribution is 2.37. The van der Waals surface area contributed by atoms with Crippen LogP contribution in [0.15, 0.2) is 24.3 Å². The SMILES string of the molecule is CCOC(=O)C(SC)C1(C)C=CC=CC1N. The summed E-state index contributed by atoms with van der Waals surface area (Å²) in [4.78, 5) is 11.9. The minimum absolute atomic E-state index is 0.153. The summed E-state index contributed by atoms with van der Waals surface area (Å²) in [5, 5.41) is -0.261. The molecule has 0 aromatic rings. The predicted octanol–water partition coefficient (Wildman–Crippen LogP) is 1.74. The number of thioether (sulfide) groups is 1. The zero-order chi connectivity index (χ0) is 12.2. The summed E-state index contributed by atoms with van der Waals surface area (Å²) in [6.07, 6.45) is 9.67. The highest BCUT2D eigenvalue weighted by Gasteiger charge is 2.42. The average Bonchev–Trinajstić information content (AvgIpc) is 2.24. The van der Waals surface area contributed by atoms with Gasteiger partial charge < -0.3 is 10.5 Å². The monoisotopic (exact) mass is 241 g/mol. The molecule has 90 valence electrons. The lowest BCUT2D eigenvalue weighted by molar-refractivity contribution is -0.144. The second-order valence-electron chi connectivity index (χ2n) is 4.00. The minimum Gasteiger partial charge on any atom is -0.465 e. The van der Waals surface area contributed by atoms with E-state index in [2.05, 4.69) is 0 Å². The highest BCUT2D eigenvalue weighted by atomic mass is 32.2. The van der Waals surface area contributed by atoms with Crippen LogP contribution in [0.2, 0.25) is 0 Å². The fraction of sp³-hybridized carbons (Fsp3) is 0.583.